The molecule has 2 rings (SSSR count). The molecular formula is C6H9N2S. The minimum absolute atomic E-state index is 1.06. The van der Waals surface area contributed by atoms with Crippen molar-refractivity contribution in [2.24, 2.45) is 0 Å². The highest BCUT2D eigenvalue weighted by atomic mass is 32.2. The number of thioether (sulfide) groups is 1. The lowest BCUT2D eigenvalue weighted by atomic mass is 10.2. The highest BCUT2D eigenvalue weighted by Crippen LogP contribution is 2.29. The largest absolute Gasteiger partial charge is 0.373 e. The zero-order chi connectivity index (χ0) is 6.10. The summed E-state index contributed by atoms with van der Waals surface area (Å²) < 4.78 is 0. The van der Waals surface area contributed by atoms with Crippen molar-refractivity contribution >= 4 is 11.8 Å². The van der Waals surface area contributed by atoms with E-state index in [0.29, 0.717) is 0 Å². The Labute approximate surface area is 59.1 Å². The maximum atomic E-state index is 3.32. The lowest BCUT2D eigenvalue weighted by Gasteiger charge is -2.13. The van der Waals surface area contributed by atoms with E-state index in [0.717, 1.165) is 13.1 Å². The van der Waals surface area contributed by atoms with Gasteiger partial charge >= 0.3 is 0 Å². The molecule has 2 N–H and O–H groups in total. The van der Waals surface area contributed by atoms with Gasteiger partial charge in [0.25, 0.3) is 0 Å². The molecule has 0 unspecified atom stereocenters. The van der Waals surface area contributed by atoms with Crippen molar-refractivity contribution in [3.63, 3.8) is 0 Å². The Hall–Kier alpha value is -0.150. The molecule has 0 saturated carbocycles. The van der Waals surface area contributed by atoms with E-state index in [1.807, 2.05) is 11.8 Å². The quantitative estimate of drug-likeness (QED) is 0.518. The van der Waals surface area contributed by atoms with Gasteiger partial charge in [0.05, 0.1) is 0 Å². The second-order valence-corrected chi connectivity index (χ2v) is 3.17. The zero-order valence-electron chi connectivity index (χ0n) is 5.11. The van der Waals surface area contributed by atoms with E-state index in [4.69, 9.17) is 0 Å². The molecule has 49 valence electrons. The van der Waals surface area contributed by atoms with Crippen LogP contribution in [0.5, 0.6) is 0 Å². The summed E-state index contributed by atoms with van der Waals surface area (Å²) in [4.78, 5) is 1.47. The molecule has 2 nitrogen and oxygen atoms in total. The molecule has 3 heteroatoms. The number of hydrogen-bond acceptors (Lipinski definition) is 3. The van der Waals surface area contributed by atoms with Crippen LogP contribution in [-0.4, -0.2) is 13.1 Å². The highest BCUT2D eigenvalue weighted by Gasteiger charge is 2.17. The molecule has 0 aliphatic carbocycles. The molecule has 0 aromatic heterocycles. The molecule has 0 spiro atoms. The molecule has 0 saturated heterocycles. The third kappa shape index (κ3) is 0.946. The Morgan fingerprint density at radius 2 is 2.56 bits per heavy atom. The fourth-order valence-corrected chi connectivity index (χ4v) is 1.93. The van der Waals surface area contributed by atoms with Crippen LogP contribution in [0.15, 0.2) is 10.6 Å². The summed E-state index contributed by atoms with van der Waals surface area (Å²) in [6.07, 6.45) is 1.17. The van der Waals surface area contributed by atoms with Gasteiger partial charge in [-0.3, -0.25) is 0 Å². The van der Waals surface area contributed by atoms with Gasteiger partial charge in [-0.15, -0.1) is 0 Å². The van der Waals surface area contributed by atoms with Crippen LogP contribution in [0, 0.1) is 5.88 Å². The first kappa shape index (κ1) is 5.62. The fraction of sp³-hybridized carbons (Fsp3) is 0.500. The molecule has 0 bridgehead atoms. The van der Waals surface area contributed by atoms with Gasteiger partial charge < -0.3 is 10.6 Å². The van der Waals surface area contributed by atoms with Gasteiger partial charge in [0.15, 0.2) is 0 Å². The van der Waals surface area contributed by atoms with E-state index < -0.39 is 0 Å². The van der Waals surface area contributed by atoms with Crippen LogP contribution in [0.25, 0.3) is 0 Å². The number of hydrogen-bond donors (Lipinski definition) is 2. The molecule has 0 aromatic carbocycles. The Morgan fingerprint density at radius 3 is 3.44 bits per heavy atom. The summed E-state index contributed by atoms with van der Waals surface area (Å²) in [5, 5.41) is 6.55. The van der Waals surface area contributed by atoms with Crippen LogP contribution in [0.1, 0.15) is 6.42 Å². The van der Waals surface area contributed by atoms with E-state index in [-0.39, 0.29) is 0 Å². The second-order valence-electron chi connectivity index (χ2n) is 2.21. The fourth-order valence-electron chi connectivity index (χ4n) is 1.10. The van der Waals surface area contributed by atoms with Crippen molar-refractivity contribution in [2.75, 3.05) is 13.1 Å². The minimum Gasteiger partial charge on any atom is -0.373 e. The van der Waals surface area contributed by atoms with Crippen LogP contribution >= 0.6 is 11.8 Å². The van der Waals surface area contributed by atoms with Crippen molar-refractivity contribution in [2.45, 2.75) is 6.42 Å². The Bertz CT molecular complexity index is 137. The molecule has 0 fully saturated rings. The predicted octanol–water partition coefficient (Wildman–Crippen LogP) is 0.647. The number of nitrogens with one attached hydrogen (secondary N) is 2. The average molecular weight is 141 g/mol. The van der Waals surface area contributed by atoms with Gasteiger partial charge in [-0.1, -0.05) is 11.8 Å². The second kappa shape index (κ2) is 2.23. The average Bonchev–Trinajstić information content (AvgIpc) is 2.33. The van der Waals surface area contributed by atoms with Gasteiger partial charge in [0.2, 0.25) is 0 Å². The van der Waals surface area contributed by atoms with Crippen molar-refractivity contribution in [1.29, 1.82) is 0 Å². The SMILES string of the molecule is [CH]1NC2=C(CNCC2)S1. The Balaban J connectivity index is 2.17. The molecule has 2 aliphatic rings. The smallest absolute Gasteiger partial charge is 0.107 e. The predicted molar refractivity (Wildman–Crippen MR) is 39.5 cm³/mol. The van der Waals surface area contributed by atoms with Crippen molar-refractivity contribution < 1.29 is 0 Å². The van der Waals surface area contributed by atoms with E-state index in [9.17, 15) is 0 Å². The zero-order valence-corrected chi connectivity index (χ0v) is 5.92. The molecule has 0 amide bonds. The maximum absolute atomic E-state index is 3.32. The third-order valence-corrected chi connectivity index (χ3v) is 2.52. The first-order chi connectivity index (χ1) is 4.47. The monoisotopic (exact) mass is 141 g/mol. The Kier molecular flexibility index (Phi) is 1.39. The first-order valence-electron chi connectivity index (χ1n) is 3.14. The van der Waals surface area contributed by atoms with Crippen LogP contribution in [0.4, 0.5) is 0 Å². The summed E-state index contributed by atoms with van der Waals surface area (Å²) >= 11 is 1.81. The van der Waals surface area contributed by atoms with Crippen molar-refractivity contribution in [1.82, 2.24) is 10.6 Å². The van der Waals surface area contributed by atoms with E-state index in [1.54, 1.807) is 0 Å². The van der Waals surface area contributed by atoms with Crippen LogP contribution in [-0.2, 0) is 0 Å². The highest BCUT2D eigenvalue weighted by molar-refractivity contribution is 8.05. The molecule has 0 aromatic rings. The summed E-state index contributed by atoms with van der Waals surface area (Å²) in [6, 6.07) is 0. The van der Waals surface area contributed by atoms with Gasteiger partial charge in [0.1, 0.15) is 5.88 Å². The Morgan fingerprint density at radius 1 is 1.56 bits per heavy atom. The first-order valence-corrected chi connectivity index (χ1v) is 4.02. The molecule has 9 heavy (non-hydrogen) atoms. The molecule has 2 heterocycles. The lowest BCUT2D eigenvalue weighted by molar-refractivity contribution is 0.677. The third-order valence-electron chi connectivity index (χ3n) is 1.61. The standard InChI is InChI=1S/C6H9N2S/c1-2-7-3-6-5(1)8-4-9-6/h4,7-8H,1-3H2. The topological polar surface area (TPSA) is 24.1 Å². The van der Waals surface area contributed by atoms with Crippen LogP contribution in [0.2, 0.25) is 0 Å². The number of rotatable bonds is 0. The molecule has 1 radical (unpaired) electrons. The summed E-state index contributed by atoms with van der Waals surface area (Å²) in [5.41, 5.74) is 1.43. The van der Waals surface area contributed by atoms with Crippen LogP contribution < -0.4 is 10.6 Å². The normalized spacial score (nSPS) is 25.8. The maximum Gasteiger partial charge on any atom is 0.107 e. The molecule has 0 atom stereocenters. The van der Waals surface area contributed by atoms with Crippen molar-refractivity contribution in [3.8, 4) is 0 Å². The lowest BCUT2D eigenvalue weighted by Crippen LogP contribution is -2.24. The van der Waals surface area contributed by atoms with E-state index >= 15 is 0 Å². The molecular weight excluding hydrogens is 132 g/mol. The van der Waals surface area contributed by atoms with Gasteiger partial charge in [-0.25, -0.2) is 0 Å². The minimum atomic E-state index is 1.06. The van der Waals surface area contributed by atoms with E-state index in [1.165, 1.54) is 17.0 Å². The van der Waals surface area contributed by atoms with E-state index in [2.05, 4.69) is 16.5 Å². The van der Waals surface area contributed by atoms with Gasteiger partial charge in [0, 0.05) is 30.1 Å². The van der Waals surface area contributed by atoms with Gasteiger partial charge in [-0.05, 0) is 0 Å². The summed E-state index contributed by atoms with van der Waals surface area (Å²) in [6.45, 7) is 2.18. The summed E-state index contributed by atoms with van der Waals surface area (Å²) in [5.74, 6) is 2.05. The van der Waals surface area contributed by atoms with Gasteiger partial charge in [-0.2, -0.15) is 0 Å². The van der Waals surface area contributed by atoms with Crippen molar-refractivity contribution in [3.05, 3.63) is 16.5 Å². The van der Waals surface area contributed by atoms with Crippen LogP contribution in [0.3, 0.4) is 0 Å². The molecule has 2 aliphatic heterocycles. The summed E-state index contributed by atoms with van der Waals surface area (Å²) in [7, 11) is 0.